The molecule has 2 aromatic rings. The molecule has 0 aliphatic heterocycles. The molecule has 0 spiro atoms. The van der Waals surface area contributed by atoms with E-state index in [1.807, 2.05) is 25.1 Å². The van der Waals surface area contributed by atoms with Crippen LogP contribution in [0.15, 0.2) is 36.5 Å². The Morgan fingerprint density at radius 1 is 1.31 bits per heavy atom. The van der Waals surface area contributed by atoms with Gasteiger partial charge in [-0.15, -0.1) is 0 Å². The van der Waals surface area contributed by atoms with Gasteiger partial charge in [0.1, 0.15) is 0 Å². The Hall–Kier alpha value is -1.67. The van der Waals surface area contributed by atoms with Crippen molar-refractivity contribution in [1.29, 1.82) is 0 Å². The van der Waals surface area contributed by atoms with Crippen LogP contribution in [0.4, 0.5) is 0 Å². The van der Waals surface area contributed by atoms with Gasteiger partial charge in [-0.25, -0.2) is 0 Å². The van der Waals surface area contributed by atoms with Gasteiger partial charge in [0, 0.05) is 22.3 Å². The molecule has 0 aliphatic rings. The summed E-state index contributed by atoms with van der Waals surface area (Å²) in [5.41, 5.74) is 3.08. The van der Waals surface area contributed by atoms with Crippen molar-refractivity contribution in [1.82, 2.24) is 4.98 Å². The van der Waals surface area contributed by atoms with Crippen molar-refractivity contribution < 1.29 is 4.79 Å². The molecule has 1 heterocycles. The first-order chi connectivity index (χ1) is 7.70. The number of benzene rings is 1. The highest BCUT2D eigenvalue weighted by Gasteiger charge is 2.06. The van der Waals surface area contributed by atoms with E-state index in [1.165, 1.54) is 0 Å². The van der Waals surface area contributed by atoms with Crippen LogP contribution in [-0.2, 0) is 0 Å². The molecule has 3 heteroatoms. The number of rotatable bonds is 2. The Morgan fingerprint density at radius 3 is 2.81 bits per heavy atom. The minimum absolute atomic E-state index is 0.585. The molecule has 0 saturated heterocycles. The summed E-state index contributed by atoms with van der Waals surface area (Å²) < 4.78 is 0. The number of halogens is 1. The van der Waals surface area contributed by atoms with Crippen molar-refractivity contribution >= 4 is 17.9 Å². The van der Waals surface area contributed by atoms with Gasteiger partial charge in [0.2, 0.25) is 0 Å². The van der Waals surface area contributed by atoms with Crippen molar-refractivity contribution in [2.45, 2.75) is 6.92 Å². The van der Waals surface area contributed by atoms with E-state index < -0.39 is 0 Å². The Balaban J connectivity index is 2.59. The van der Waals surface area contributed by atoms with Crippen molar-refractivity contribution in [3.63, 3.8) is 0 Å². The van der Waals surface area contributed by atoms with Gasteiger partial charge in [0.25, 0.3) is 0 Å². The highest BCUT2D eigenvalue weighted by molar-refractivity contribution is 6.30. The maximum absolute atomic E-state index is 11.0. The van der Waals surface area contributed by atoms with Crippen LogP contribution in [-0.4, -0.2) is 11.3 Å². The lowest BCUT2D eigenvalue weighted by atomic mass is 10.1. The molecule has 1 aromatic heterocycles. The number of carbonyl (C=O) groups excluding carboxylic acids is 1. The second kappa shape index (κ2) is 4.45. The Morgan fingerprint density at radius 2 is 2.12 bits per heavy atom. The number of carbonyl (C=O) groups is 1. The second-order valence-corrected chi connectivity index (χ2v) is 4.02. The van der Waals surface area contributed by atoms with E-state index in [-0.39, 0.29) is 0 Å². The van der Waals surface area contributed by atoms with E-state index in [0.29, 0.717) is 16.3 Å². The minimum atomic E-state index is 0.585. The number of nitrogens with zero attached hydrogens (tertiary/aromatic N) is 1. The summed E-state index contributed by atoms with van der Waals surface area (Å²) in [6.45, 7) is 1.90. The van der Waals surface area contributed by atoms with Crippen LogP contribution in [0.25, 0.3) is 11.3 Å². The summed E-state index contributed by atoms with van der Waals surface area (Å²) in [4.78, 5) is 15.2. The maximum Gasteiger partial charge on any atom is 0.152 e. The van der Waals surface area contributed by atoms with E-state index >= 15 is 0 Å². The first kappa shape index (κ1) is 10.8. The molecule has 80 valence electrons. The number of aryl methyl sites for hydroxylation is 1. The number of hydrogen-bond donors (Lipinski definition) is 0. The highest BCUT2D eigenvalue weighted by atomic mass is 35.5. The molecular formula is C13H10ClNO. The highest BCUT2D eigenvalue weighted by Crippen LogP contribution is 2.23. The molecule has 2 nitrogen and oxygen atoms in total. The predicted octanol–water partition coefficient (Wildman–Crippen LogP) is 3.52. The van der Waals surface area contributed by atoms with Crippen molar-refractivity contribution in [2.75, 3.05) is 0 Å². The van der Waals surface area contributed by atoms with Gasteiger partial charge in [0.05, 0.1) is 5.69 Å². The zero-order chi connectivity index (χ0) is 11.5. The molecule has 0 bridgehead atoms. The van der Waals surface area contributed by atoms with Crippen LogP contribution in [0, 0.1) is 6.92 Å². The van der Waals surface area contributed by atoms with E-state index in [4.69, 9.17) is 11.6 Å². The fourth-order valence-corrected chi connectivity index (χ4v) is 1.75. The van der Waals surface area contributed by atoms with Crippen LogP contribution in [0.1, 0.15) is 15.9 Å². The Labute approximate surface area is 98.9 Å². The summed E-state index contributed by atoms with van der Waals surface area (Å²) >= 11 is 5.91. The van der Waals surface area contributed by atoms with Crippen LogP contribution in [0.2, 0.25) is 5.02 Å². The van der Waals surface area contributed by atoms with Gasteiger partial charge < -0.3 is 0 Å². The average Bonchev–Trinajstić information content (AvgIpc) is 2.28. The first-order valence-corrected chi connectivity index (χ1v) is 5.26. The number of hydrogen-bond acceptors (Lipinski definition) is 2. The monoisotopic (exact) mass is 231 g/mol. The fourth-order valence-electron chi connectivity index (χ4n) is 1.56. The molecular weight excluding hydrogens is 222 g/mol. The first-order valence-electron chi connectivity index (χ1n) is 4.88. The summed E-state index contributed by atoms with van der Waals surface area (Å²) in [6.07, 6.45) is 2.56. The predicted molar refractivity (Wildman–Crippen MR) is 64.8 cm³/mol. The zero-order valence-corrected chi connectivity index (χ0v) is 9.53. The van der Waals surface area contributed by atoms with Gasteiger partial charge in [-0.3, -0.25) is 9.78 Å². The Bertz CT molecular complexity index is 537. The van der Waals surface area contributed by atoms with Crippen molar-refractivity contribution in [3.8, 4) is 11.3 Å². The third kappa shape index (κ3) is 2.12. The van der Waals surface area contributed by atoms with Crippen LogP contribution in [0.5, 0.6) is 0 Å². The van der Waals surface area contributed by atoms with E-state index in [9.17, 15) is 4.79 Å². The SMILES string of the molecule is Cc1cnc(-c2cccc(Cl)c2)c(C=O)c1. The smallest absolute Gasteiger partial charge is 0.152 e. The van der Waals surface area contributed by atoms with Crippen LogP contribution < -0.4 is 0 Å². The van der Waals surface area contributed by atoms with Crippen molar-refractivity contribution in [3.05, 3.63) is 52.7 Å². The second-order valence-electron chi connectivity index (χ2n) is 3.58. The normalized spacial score (nSPS) is 10.1. The number of aromatic nitrogens is 1. The molecule has 0 atom stereocenters. The molecule has 2 rings (SSSR count). The lowest BCUT2D eigenvalue weighted by Gasteiger charge is -2.05. The lowest BCUT2D eigenvalue weighted by Crippen LogP contribution is -1.92. The van der Waals surface area contributed by atoms with Crippen molar-refractivity contribution in [2.24, 2.45) is 0 Å². The molecule has 0 unspecified atom stereocenters. The third-order valence-electron chi connectivity index (χ3n) is 2.28. The fraction of sp³-hybridized carbons (Fsp3) is 0.0769. The quantitative estimate of drug-likeness (QED) is 0.741. The van der Waals surface area contributed by atoms with Gasteiger partial charge in [0.15, 0.2) is 6.29 Å². The number of aldehydes is 1. The topological polar surface area (TPSA) is 30.0 Å². The molecule has 0 N–H and O–H groups in total. The largest absolute Gasteiger partial charge is 0.298 e. The van der Waals surface area contributed by atoms with Crippen LogP contribution in [0.3, 0.4) is 0 Å². The third-order valence-corrected chi connectivity index (χ3v) is 2.51. The molecule has 0 radical (unpaired) electrons. The van der Waals surface area contributed by atoms with Gasteiger partial charge >= 0.3 is 0 Å². The van der Waals surface area contributed by atoms with Gasteiger partial charge in [-0.05, 0) is 30.7 Å². The molecule has 16 heavy (non-hydrogen) atoms. The summed E-state index contributed by atoms with van der Waals surface area (Å²) in [6, 6.07) is 9.13. The van der Waals surface area contributed by atoms with E-state index in [0.717, 1.165) is 17.4 Å². The van der Waals surface area contributed by atoms with E-state index in [2.05, 4.69) is 4.98 Å². The summed E-state index contributed by atoms with van der Waals surface area (Å²) in [5.74, 6) is 0. The molecule has 0 saturated carbocycles. The van der Waals surface area contributed by atoms with Crippen LogP contribution >= 0.6 is 11.6 Å². The Kier molecular flexibility index (Phi) is 3.02. The zero-order valence-electron chi connectivity index (χ0n) is 8.77. The van der Waals surface area contributed by atoms with Gasteiger partial charge in [-0.1, -0.05) is 23.7 Å². The summed E-state index contributed by atoms with van der Waals surface area (Å²) in [5, 5.41) is 0.636. The lowest BCUT2D eigenvalue weighted by molar-refractivity contribution is 0.112. The minimum Gasteiger partial charge on any atom is -0.298 e. The molecule has 1 aromatic carbocycles. The molecule has 0 fully saturated rings. The average molecular weight is 232 g/mol. The summed E-state index contributed by atoms with van der Waals surface area (Å²) in [7, 11) is 0. The van der Waals surface area contributed by atoms with E-state index in [1.54, 1.807) is 18.3 Å². The molecule has 0 aliphatic carbocycles. The standard InChI is InChI=1S/C13H10ClNO/c1-9-5-11(8-16)13(15-7-9)10-3-2-4-12(14)6-10/h2-8H,1H3. The number of pyridine rings is 1. The van der Waals surface area contributed by atoms with Gasteiger partial charge in [-0.2, -0.15) is 0 Å². The molecule has 0 amide bonds. The maximum atomic E-state index is 11.0.